The van der Waals surface area contributed by atoms with Crippen LogP contribution in [-0.4, -0.2) is 44.0 Å². The van der Waals surface area contributed by atoms with Crippen molar-refractivity contribution in [3.05, 3.63) is 18.2 Å². The van der Waals surface area contributed by atoms with Crippen molar-refractivity contribution in [2.45, 2.75) is 19.9 Å². The normalized spacial score (nSPS) is 11.6. The summed E-state index contributed by atoms with van der Waals surface area (Å²) in [5, 5.41) is 5.07. The fraction of sp³-hybridized carbons (Fsp3) is 0.438. The Morgan fingerprint density at radius 3 is 2.44 bits per heavy atom. The summed E-state index contributed by atoms with van der Waals surface area (Å²) in [5.74, 6) is -0.864. The van der Waals surface area contributed by atoms with Crippen LogP contribution in [0.1, 0.15) is 13.8 Å². The molecule has 0 saturated carbocycles. The van der Waals surface area contributed by atoms with Crippen LogP contribution in [0, 0.1) is 5.92 Å². The van der Waals surface area contributed by atoms with Gasteiger partial charge in [0.15, 0.2) is 18.1 Å². The third-order valence-electron chi connectivity index (χ3n) is 3.26. The topological polar surface area (TPSA) is 146 Å². The van der Waals surface area contributed by atoms with Gasteiger partial charge < -0.3 is 31.6 Å². The highest BCUT2D eigenvalue weighted by molar-refractivity contribution is 5.95. The lowest BCUT2D eigenvalue weighted by Crippen LogP contribution is -2.46. The number of carbonyl (C=O) groups excluding carboxylic acids is 3. The lowest BCUT2D eigenvalue weighted by atomic mass is 10.1. The first-order valence-corrected chi connectivity index (χ1v) is 7.66. The summed E-state index contributed by atoms with van der Waals surface area (Å²) in [7, 11) is 1.44. The predicted octanol–water partition coefficient (Wildman–Crippen LogP) is -0.403. The zero-order valence-corrected chi connectivity index (χ0v) is 14.5. The van der Waals surface area contributed by atoms with Gasteiger partial charge >= 0.3 is 0 Å². The number of hydrogen-bond donors (Lipinski definition) is 4. The lowest BCUT2D eigenvalue weighted by Gasteiger charge is -2.15. The number of nitrogens with two attached hydrogens (primary N) is 2. The molecular weight excluding hydrogens is 328 g/mol. The molecule has 0 heterocycles. The van der Waals surface area contributed by atoms with Crippen molar-refractivity contribution in [2.24, 2.45) is 17.4 Å². The van der Waals surface area contributed by atoms with Gasteiger partial charge in [0.25, 0.3) is 5.91 Å². The molecule has 0 radical (unpaired) electrons. The number of primary amides is 1. The Balaban J connectivity index is 2.66. The SMILES string of the molecule is COc1ccc(NC(=O)CNC(=O)[C@@H](N)C(C)C)cc1OCC(N)=O. The highest BCUT2D eigenvalue weighted by atomic mass is 16.5. The second-order valence-electron chi connectivity index (χ2n) is 5.66. The molecule has 0 aliphatic rings. The number of hydrogen-bond acceptors (Lipinski definition) is 6. The number of rotatable bonds is 9. The van der Waals surface area contributed by atoms with Crippen molar-refractivity contribution in [3.63, 3.8) is 0 Å². The maximum atomic E-state index is 11.9. The van der Waals surface area contributed by atoms with Crippen LogP contribution < -0.4 is 31.6 Å². The largest absolute Gasteiger partial charge is 0.493 e. The molecule has 1 atom stereocenters. The lowest BCUT2D eigenvalue weighted by molar-refractivity contribution is -0.125. The van der Waals surface area contributed by atoms with E-state index in [1.54, 1.807) is 12.1 Å². The molecule has 0 fully saturated rings. The molecule has 0 saturated heterocycles. The fourth-order valence-corrected chi connectivity index (χ4v) is 1.81. The molecule has 25 heavy (non-hydrogen) atoms. The van der Waals surface area contributed by atoms with Crippen LogP contribution in [0.4, 0.5) is 5.69 Å². The summed E-state index contributed by atoms with van der Waals surface area (Å²) in [6.07, 6.45) is 0. The Kier molecular flexibility index (Phi) is 7.67. The maximum absolute atomic E-state index is 11.9. The van der Waals surface area contributed by atoms with Gasteiger partial charge in [-0.25, -0.2) is 0 Å². The molecule has 0 aliphatic heterocycles. The Morgan fingerprint density at radius 2 is 1.88 bits per heavy atom. The zero-order chi connectivity index (χ0) is 19.0. The standard InChI is InChI=1S/C16H24N4O5/c1-9(2)15(18)16(23)19-7-14(22)20-10-4-5-11(24-3)12(6-10)25-8-13(17)21/h4-6,9,15H,7-8,18H2,1-3H3,(H2,17,21)(H,19,23)(H,20,22)/t15-/m0/s1. The molecule has 0 bridgehead atoms. The zero-order valence-electron chi connectivity index (χ0n) is 14.5. The Labute approximate surface area is 146 Å². The maximum Gasteiger partial charge on any atom is 0.255 e. The van der Waals surface area contributed by atoms with E-state index in [2.05, 4.69) is 10.6 Å². The second kappa shape index (κ2) is 9.48. The van der Waals surface area contributed by atoms with Gasteiger partial charge in [-0.1, -0.05) is 13.8 Å². The average Bonchev–Trinajstić information content (AvgIpc) is 2.57. The molecule has 1 rings (SSSR count). The number of benzene rings is 1. The van der Waals surface area contributed by atoms with E-state index < -0.39 is 23.8 Å². The van der Waals surface area contributed by atoms with Gasteiger partial charge in [-0.05, 0) is 18.1 Å². The highest BCUT2D eigenvalue weighted by Crippen LogP contribution is 2.30. The van der Waals surface area contributed by atoms with E-state index in [0.717, 1.165) is 0 Å². The monoisotopic (exact) mass is 352 g/mol. The number of amides is 3. The van der Waals surface area contributed by atoms with Crippen LogP contribution in [0.3, 0.4) is 0 Å². The van der Waals surface area contributed by atoms with Gasteiger partial charge in [-0.2, -0.15) is 0 Å². The number of ether oxygens (including phenoxy) is 2. The van der Waals surface area contributed by atoms with E-state index >= 15 is 0 Å². The molecule has 3 amide bonds. The smallest absolute Gasteiger partial charge is 0.255 e. The van der Waals surface area contributed by atoms with Crippen molar-refractivity contribution in [1.29, 1.82) is 0 Å². The predicted molar refractivity (Wildman–Crippen MR) is 92.1 cm³/mol. The molecule has 0 aliphatic carbocycles. The Morgan fingerprint density at radius 1 is 1.20 bits per heavy atom. The number of carbonyl (C=O) groups is 3. The van der Waals surface area contributed by atoms with Crippen molar-refractivity contribution in [3.8, 4) is 11.5 Å². The molecule has 1 aromatic carbocycles. The van der Waals surface area contributed by atoms with Crippen LogP contribution in [0.25, 0.3) is 0 Å². The van der Waals surface area contributed by atoms with Gasteiger partial charge in [-0.15, -0.1) is 0 Å². The summed E-state index contributed by atoms with van der Waals surface area (Å²) in [6, 6.07) is 3.97. The molecule has 0 aromatic heterocycles. The second-order valence-corrected chi connectivity index (χ2v) is 5.66. The molecule has 9 heteroatoms. The van der Waals surface area contributed by atoms with E-state index in [9.17, 15) is 14.4 Å². The van der Waals surface area contributed by atoms with Gasteiger partial charge in [-0.3, -0.25) is 14.4 Å². The van der Waals surface area contributed by atoms with Crippen molar-refractivity contribution >= 4 is 23.4 Å². The third kappa shape index (κ3) is 6.68. The number of anilines is 1. The average molecular weight is 352 g/mol. The molecule has 0 spiro atoms. The third-order valence-corrected chi connectivity index (χ3v) is 3.26. The summed E-state index contributed by atoms with van der Waals surface area (Å²) < 4.78 is 10.3. The quantitative estimate of drug-likeness (QED) is 0.475. The molecule has 0 unspecified atom stereocenters. The first-order chi connectivity index (χ1) is 11.7. The van der Waals surface area contributed by atoms with Gasteiger partial charge in [0.05, 0.1) is 19.7 Å². The minimum absolute atomic E-state index is 0.0328. The van der Waals surface area contributed by atoms with Crippen LogP contribution in [-0.2, 0) is 14.4 Å². The Bertz CT molecular complexity index is 633. The number of nitrogens with one attached hydrogen (secondary N) is 2. The van der Waals surface area contributed by atoms with Crippen molar-refractivity contribution < 1.29 is 23.9 Å². The van der Waals surface area contributed by atoms with Gasteiger partial charge in [0.2, 0.25) is 11.8 Å². The van der Waals surface area contributed by atoms with Gasteiger partial charge in [0.1, 0.15) is 0 Å². The van der Waals surface area contributed by atoms with Crippen LogP contribution in [0.5, 0.6) is 11.5 Å². The minimum atomic E-state index is -0.678. The van der Waals surface area contributed by atoms with Crippen molar-refractivity contribution in [2.75, 3.05) is 25.6 Å². The van der Waals surface area contributed by atoms with Crippen molar-refractivity contribution in [1.82, 2.24) is 5.32 Å². The van der Waals surface area contributed by atoms with E-state index in [4.69, 9.17) is 20.9 Å². The van der Waals surface area contributed by atoms with E-state index in [1.807, 2.05) is 13.8 Å². The molecule has 9 nitrogen and oxygen atoms in total. The summed E-state index contributed by atoms with van der Waals surface area (Å²) >= 11 is 0. The summed E-state index contributed by atoms with van der Waals surface area (Å²) in [5.41, 5.74) is 11.1. The molecule has 1 aromatic rings. The number of methoxy groups -OCH3 is 1. The van der Waals surface area contributed by atoms with Crippen LogP contribution in [0.15, 0.2) is 18.2 Å². The molecule has 6 N–H and O–H groups in total. The molecular formula is C16H24N4O5. The summed E-state index contributed by atoms with van der Waals surface area (Å²) in [6.45, 7) is 3.09. The van der Waals surface area contributed by atoms with Crippen LogP contribution >= 0.6 is 0 Å². The molecule has 138 valence electrons. The Hall–Kier alpha value is -2.81. The van der Waals surface area contributed by atoms with E-state index in [1.165, 1.54) is 13.2 Å². The van der Waals surface area contributed by atoms with E-state index in [-0.39, 0.29) is 24.8 Å². The van der Waals surface area contributed by atoms with E-state index in [0.29, 0.717) is 11.4 Å². The van der Waals surface area contributed by atoms with Crippen LogP contribution in [0.2, 0.25) is 0 Å². The fourth-order valence-electron chi connectivity index (χ4n) is 1.81. The highest BCUT2D eigenvalue weighted by Gasteiger charge is 2.17. The van der Waals surface area contributed by atoms with Gasteiger partial charge in [0, 0.05) is 11.8 Å². The first kappa shape index (κ1) is 20.2. The summed E-state index contributed by atoms with van der Waals surface area (Å²) in [4.78, 5) is 34.5. The minimum Gasteiger partial charge on any atom is -0.493 e. The first-order valence-electron chi connectivity index (χ1n) is 7.66.